The lowest BCUT2D eigenvalue weighted by molar-refractivity contribution is -0.294. The first-order chi connectivity index (χ1) is 6.08. The van der Waals surface area contributed by atoms with E-state index in [1.807, 2.05) is 6.07 Å². The van der Waals surface area contributed by atoms with E-state index in [1.165, 1.54) is 13.8 Å². The highest BCUT2D eigenvalue weighted by Gasteiger charge is 2.29. The van der Waals surface area contributed by atoms with E-state index < -0.39 is 5.60 Å². The number of rotatable bonds is 3. The Bertz CT molecular complexity index is 290. The van der Waals surface area contributed by atoms with Crippen LogP contribution in [0.5, 0.6) is 0 Å². The van der Waals surface area contributed by atoms with Crippen molar-refractivity contribution in [3.63, 3.8) is 0 Å². The van der Waals surface area contributed by atoms with Crippen molar-refractivity contribution in [2.45, 2.75) is 19.4 Å². The zero-order valence-electron chi connectivity index (χ0n) is 7.65. The molecule has 0 aliphatic heterocycles. The first-order valence-electron chi connectivity index (χ1n) is 4.00. The predicted molar refractivity (Wildman–Crippen MR) is 48.6 cm³/mol. The van der Waals surface area contributed by atoms with Gasteiger partial charge < -0.3 is 0 Å². The molecule has 1 aromatic carbocycles. The van der Waals surface area contributed by atoms with E-state index in [1.54, 1.807) is 24.3 Å². The van der Waals surface area contributed by atoms with Gasteiger partial charge in [-0.15, -0.1) is 0 Å². The van der Waals surface area contributed by atoms with Gasteiger partial charge in [-0.3, -0.25) is 10.1 Å². The van der Waals surface area contributed by atoms with Gasteiger partial charge in [0.05, 0.1) is 0 Å². The molecule has 0 aromatic heterocycles. The molecule has 0 radical (unpaired) electrons. The minimum Gasteiger partial charge on any atom is -0.291 e. The van der Waals surface area contributed by atoms with Crippen LogP contribution in [0.25, 0.3) is 0 Å². The molecule has 0 aliphatic rings. The highest BCUT2D eigenvalue weighted by Crippen LogP contribution is 2.15. The molecule has 0 spiro atoms. The molecule has 0 amide bonds. The Morgan fingerprint density at radius 2 is 1.85 bits per heavy atom. The Morgan fingerprint density at radius 3 is 2.31 bits per heavy atom. The van der Waals surface area contributed by atoms with Crippen molar-refractivity contribution < 1.29 is 14.9 Å². The van der Waals surface area contributed by atoms with Gasteiger partial charge in [-0.1, -0.05) is 30.3 Å². The number of Topliss-reactive ketones (excluding diaryl/α,β-unsaturated/α-hetero) is 1. The largest absolute Gasteiger partial charge is 0.291 e. The molecule has 0 saturated heterocycles. The third-order valence-corrected chi connectivity index (χ3v) is 1.81. The summed E-state index contributed by atoms with van der Waals surface area (Å²) in [6, 6.07) is 8.72. The lowest BCUT2D eigenvalue weighted by atomic mass is 9.97. The molecule has 70 valence electrons. The molecule has 1 N–H and O–H groups in total. The van der Waals surface area contributed by atoms with Crippen molar-refractivity contribution in [1.82, 2.24) is 0 Å². The van der Waals surface area contributed by atoms with Crippen molar-refractivity contribution in [2.75, 3.05) is 0 Å². The van der Waals surface area contributed by atoms with Crippen LogP contribution in [0.2, 0.25) is 0 Å². The number of ketones is 1. The maximum absolute atomic E-state index is 11.6. The fourth-order valence-corrected chi connectivity index (χ4v) is 0.979. The number of hydrogen-bond acceptors (Lipinski definition) is 3. The molecule has 0 aliphatic carbocycles. The highest BCUT2D eigenvalue weighted by atomic mass is 17.1. The quantitative estimate of drug-likeness (QED) is 0.440. The molecule has 1 aromatic rings. The molecule has 1 rings (SSSR count). The smallest absolute Gasteiger partial charge is 0.197 e. The summed E-state index contributed by atoms with van der Waals surface area (Å²) in [7, 11) is 0. The van der Waals surface area contributed by atoms with Crippen LogP contribution in [0.3, 0.4) is 0 Å². The molecule has 0 heterocycles. The molecular weight excluding hydrogens is 168 g/mol. The van der Waals surface area contributed by atoms with Gasteiger partial charge in [-0.25, -0.2) is 4.89 Å². The fraction of sp³-hybridized carbons (Fsp3) is 0.300. The van der Waals surface area contributed by atoms with E-state index in [0.29, 0.717) is 5.56 Å². The van der Waals surface area contributed by atoms with E-state index >= 15 is 0 Å². The average molecular weight is 180 g/mol. The van der Waals surface area contributed by atoms with Crippen molar-refractivity contribution in [1.29, 1.82) is 0 Å². The van der Waals surface area contributed by atoms with Crippen LogP contribution < -0.4 is 0 Å². The minimum atomic E-state index is -1.18. The van der Waals surface area contributed by atoms with Crippen LogP contribution in [0.1, 0.15) is 24.2 Å². The van der Waals surface area contributed by atoms with Crippen LogP contribution in [-0.4, -0.2) is 16.6 Å². The Balaban J connectivity index is 2.93. The van der Waals surface area contributed by atoms with Gasteiger partial charge in [0, 0.05) is 5.56 Å². The van der Waals surface area contributed by atoms with E-state index in [-0.39, 0.29) is 5.78 Å². The summed E-state index contributed by atoms with van der Waals surface area (Å²) >= 11 is 0. The summed E-state index contributed by atoms with van der Waals surface area (Å²) in [5, 5.41) is 8.50. The van der Waals surface area contributed by atoms with Gasteiger partial charge in [-0.2, -0.15) is 0 Å². The molecule has 0 saturated carbocycles. The van der Waals surface area contributed by atoms with Crippen LogP contribution in [0.15, 0.2) is 30.3 Å². The Morgan fingerprint density at radius 1 is 1.31 bits per heavy atom. The summed E-state index contributed by atoms with van der Waals surface area (Å²) in [6.45, 7) is 3.03. The van der Waals surface area contributed by atoms with Crippen molar-refractivity contribution >= 4 is 5.78 Å². The van der Waals surface area contributed by atoms with Crippen molar-refractivity contribution in [3.05, 3.63) is 35.9 Å². The van der Waals surface area contributed by atoms with E-state index in [9.17, 15) is 4.79 Å². The van der Waals surface area contributed by atoms with Crippen molar-refractivity contribution in [2.24, 2.45) is 0 Å². The number of benzene rings is 1. The molecule has 0 atom stereocenters. The van der Waals surface area contributed by atoms with Crippen LogP contribution in [-0.2, 0) is 4.89 Å². The van der Waals surface area contributed by atoms with Crippen LogP contribution in [0, 0.1) is 0 Å². The standard InChI is InChI=1S/C10H12O3/c1-10(2,13-12)9(11)8-6-4-3-5-7-8/h3-7,12H,1-2H3. The molecule has 3 heteroatoms. The summed E-state index contributed by atoms with van der Waals surface area (Å²) in [5.74, 6) is -0.240. The van der Waals surface area contributed by atoms with Gasteiger partial charge in [-0.05, 0) is 13.8 Å². The van der Waals surface area contributed by atoms with E-state index in [4.69, 9.17) is 5.26 Å². The Kier molecular flexibility index (Phi) is 2.80. The number of carbonyl (C=O) groups is 1. The minimum absolute atomic E-state index is 0.240. The van der Waals surface area contributed by atoms with Gasteiger partial charge in [0.25, 0.3) is 0 Å². The zero-order valence-corrected chi connectivity index (χ0v) is 7.65. The van der Waals surface area contributed by atoms with Gasteiger partial charge in [0.1, 0.15) is 0 Å². The first-order valence-corrected chi connectivity index (χ1v) is 4.00. The summed E-state index contributed by atoms with van der Waals surface area (Å²) in [5.41, 5.74) is -0.650. The second-order valence-corrected chi connectivity index (χ2v) is 3.30. The predicted octanol–water partition coefficient (Wildman–Crippen LogP) is 2.14. The van der Waals surface area contributed by atoms with E-state index in [2.05, 4.69) is 4.89 Å². The van der Waals surface area contributed by atoms with Crippen LogP contribution >= 0.6 is 0 Å². The molecule has 3 nitrogen and oxygen atoms in total. The fourth-order valence-electron chi connectivity index (χ4n) is 0.979. The number of carbonyl (C=O) groups excluding carboxylic acids is 1. The average Bonchev–Trinajstić information content (AvgIpc) is 2.18. The maximum atomic E-state index is 11.6. The lowest BCUT2D eigenvalue weighted by Gasteiger charge is -2.18. The van der Waals surface area contributed by atoms with Crippen molar-refractivity contribution in [3.8, 4) is 0 Å². The molecule has 13 heavy (non-hydrogen) atoms. The van der Waals surface area contributed by atoms with Gasteiger partial charge in [0.2, 0.25) is 0 Å². The third kappa shape index (κ3) is 2.14. The lowest BCUT2D eigenvalue weighted by Crippen LogP contribution is -2.33. The molecule has 0 fully saturated rings. The Hall–Kier alpha value is -1.19. The van der Waals surface area contributed by atoms with E-state index in [0.717, 1.165) is 0 Å². The zero-order chi connectivity index (χ0) is 9.90. The van der Waals surface area contributed by atoms with Crippen LogP contribution in [0.4, 0.5) is 0 Å². The second kappa shape index (κ2) is 3.68. The maximum Gasteiger partial charge on any atom is 0.197 e. The van der Waals surface area contributed by atoms with Gasteiger partial charge >= 0.3 is 0 Å². The molecular formula is C10H12O3. The molecule has 0 unspecified atom stereocenters. The number of hydrogen-bond donors (Lipinski definition) is 1. The highest BCUT2D eigenvalue weighted by molar-refractivity contribution is 6.01. The Labute approximate surface area is 76.9 Å². The topological polar surface area (TPSA) is 46.5 Å². The SMILES string of the molecule is CC(C)(OO)C(=O)c1ccccc1. The monoisotopic (exact) mass is 180 g/mol. The normalized spacial score (nSPS) is 11.3. The summed E-state index contributed by atoms with van der Waals surface area (Å²) in [4.78, 5) is 15.7. The van der Waals surface area contributed by atoms with Gasteiger partial charge in [0.15, 0.2) is 11.4 Å². The summed E-state index contributed by atoms with van der Waals surface area (Å²) < 4.78 is 0. The summed E-state index contributed by atoms with van der Waals surface area (Å²) in [6.07, 6.45) is 0. The first kappa shape index (κ1) is 9.89. The third-order valence-electron chi connectivity index (χ3n) is 1.81. The second-order valence-electron chi connectivity index (χ2n) is 3.30. The molecule has 0 bridgehead atoms.